The first-order chi connectivity index (χ1) is 17.4. The molecule has 1 aromatic carbocycles. The molecule has 0 heterocycles. The average molecular weight is 534 g/mol. The molecule has 216 valence electrons. The molecule has 1 aromatic rings. The lowest BCUT2D eigenvalue weighted by atomic mass is 9.90. The summed E-state index contributed by atoms with van der Waals surface area (Å²) in [6.45, 7) is 20.7. The van der Waals surface area contributed by atoms with Crippen LogP contribution < -0.4 is 10.6 Å². The molecule has 0 spiro atoms. The molecule has 0 radical (unpaired) electrons. The standard InChI is InChI=1S/C30H51N3O5/c1-12-15-21(6)31-26(35)24(22-17-14-16-20(5)25(22)34)33(30(10,11)13-2)27(36)23(18-19(3)4)32-28(37)38-29(7,8)9/h14,16-17,19,21,23-24,34H,12-13,15,18H2,1-11H3,(H,31,35)(H,32,37). The van der Waals surface area contributed by atoms with E-state index in [1.807, 2.05) is 48.5 Å². The van der Waals surface area contributed by atoms with E-state index in [1.54, 1.807) is 50.8 Å². The van der Waals surface area contributed by atoms with Gasteiger partial charge >= 0.3 is 6.09 Å². The molecule has 0 aromatic heterocycles. The van der Waals surface area contributed by atoms with Gasteiger partial charge in [0.15, 0.2) is 0 Å². The normalized spacial score (nSPS) is 14.4. The van der Waals surface area contributed by atoms with E-state index >= 15 is 0 Å². The van der Waals surface area contributed by atoms with E-state index in [1.165, 1.54) is 0 Å². The number of amides is 3. The summed E-state index contributed by atoms with van der Waals surface area (Å²) in [4.78, 5) is 42.6. The van der Waals surface area contributed by atoms with E-state index < -0.39 is 35.2 Å². The number of rotatable bonds is 12. The number of ether oxygens (including phenoxy) is 1. The molecule has 8 nitrogen and oxygen atoms in total. The van der Waals surface area contributed by atoms with Crippen molar-refractivity contribution in [3.63, 3.8) is 0 Å². The third kappa shape index (κ3) is 9.52. The minimum atomic E-state index is -1.10. The van der Waals surface area contributed by atoms with Crippen LogP contribution in [0, 0.1) is 12.8 Å². The molecule has 0 aliphatic carbocycles. The second-order valence-corrected chi connectivity index (χ2v) is 12.3. The van der Waals surface area contributed by atoms with Crippen LogP contribution in [0.1, 0.15) is 112 Å². The number of hydrogen-bond acceptors (Lipinski definition) is 5. The predicted molar refractivity (Wildman–Crippen MR) is 152 cm³/mol. The first-order valence-corrected chi connectivity index (χ1v) is 13.9. The molecule has 0 saturated carbocycles. The Kier molecular flexibility index (Phi) is 12.1. The van der Waals surface area contributed by atoms with Gasteiger partial charge in [0.05, 0.1) is 0 Å². The number of benzene rings is 1. The number of nitrogens with zero attached hydrogens (tertiary/aromatic N) is 1. The molecule has 1 rings (SSSR count). The van der Waals surface area contributed by atoms with E-state index in [0.29, 0.717) is 24.0 Å². The van der Waals surface area contributed by atoms with Crippen molar-refractivity contribution in [2.24, 2.45) is 5.92 Å². The minimum Gasteiger partial charge on any atom is -0.507 e. The molecule has 0 fully saturated rings. The summed E-state index contributed by atoms with van der Waals surface area (Å²) in [5, 5.41) is 16.9. The Balaban J connectivity index is 3.74. The Morgan fingerprint density at radius 2 is 1.63 bits per heavy atom. The zero-order valence-electron chi connectivity index (χ0n) is 25.4. The highest BCUT2D eigenvalue weighted by molar-refractivity contribution is 5.93. The van der Waals surface area contributed by atoms with Crippen molar-refractivity contribution in [3.05, 3.63) is 29.3 Å². The summed E-state index contributed by atoms with van der Waals surface area (Å²) < 4.78 is 5.46. The van der Waals surface area contributed by atoms with Crippen molar-refractivity contribution in [1.29, 1.82) is 0 Å². The van der Waals surface area contributed by atoms with E-state index in [2.05, 4.69) is 10.6 Å². The van der Waals surface area contributed by atoms with Gasteiger partial charge in [0.2, 0.25) is 11.8 Å². The maximum absolute atomic E-state index is 14.4. The lowest BCUT2D eigenvalue weighted by Gasteiger charge is -2.45. The molecule has 3 N–H and O–H groups in total. The zero-order chi connectivity index (χ0) is 29.4. The molecule has 8 heteroatoms. The van der Waals surface area contributed by atoms with Crippen molar-refractivity contribution < 1.29 is 24.2 Å². The quantitative estimate of drug-likeness (QED) is 0.305. The Bertz CT molecular complexity index is 952. The SMILES string of the molecule is CCCC(C)NC(=O)C(c1cccc(C)c1O)N(C(=O)C(CC(C)C)NC(=O)OC(C)(C)C)C(C)(C)CC. The molecular formula is C30H51N3O5. The average Bonchev–Trinajstić information content (AvgIpc) is 2.77. The van der Waals surface area contributed by atoms with Crippen LogP contribution >= 0.6 is 0 Å². The van der Waals surface area contributed by atoms with Crippen LogP contribution in [0.25, 0.3) is 0 Å². The maximum atomic E-state index is 14.4. The number of aryl methyl sites for hydroxylation is 1. The monoisotopic (exact) mass is 533 g/mol. The lowest BCUT2D eigenvalue weighted by molar-refractivity contribution is -0.150. The van der Waals surface area contributed by atoms with Gasteiger partial charge in [-0.1, -0.05) is 52.3 Å². The summed E-state index contributed by atoms with van der Waals surface area (Å²) in [6.07, 6.45) is 1.87. The summed E-state index contributed by atoms with van der Waals surface area (Å²) >= 11 is 0. The van der Waals surface area contributed by atoms with Crippen LogP contribution in [0.3, 0.4) is 0 Å². The number of hydrogen-bond donors (Lipinski definition) is 3. The van der Waals surface area contributed by atoms with Gasteiger partial charge in [-0.05, 0) is 79.2 Å². The van der Waals surface area contributed by atoms with Crippen molar-refractivity contribution >= 4 is 17.9 Å². The number of aromatic hydroxyl groups is 1. The summed E-state index contributed by atoms with van der Waals surface area (Å²) in [7, 11) is 0. The number of para-hydroxylation sites is 1. The summed E-state index contributed by atoms with van der Waals surface area (Å²) in [5.41, 5.74) is -0.562. The van der Waals surface area contributed by atoms with Gasteiger partial charge < -0.3 is 25.4 Å². The van der Waals surface area contributed by atoms with Gasteiger partial charge in [0.25, 0.3) is 0 Å². The third-order valence-corrected chi connectivity index (χ3v) is 6.63. The highest BCUT2D eigenvalue weighted by Crippen LogP contribution is 2.37. The van der Waals surface area contributed by atoms with Crippen molar-refractivity contribution in [2.75, 3.05) is 0 Å². The molecule has 38 heavy (non-hydrogen) atoms. The number of phenolic OH excluding ortho intramolecular Hbond substituents is 1. The second kappa shape index (κ2) is 13.9. The van der Waals surface area contributed by atoms with Crippen LogP contribution in [0.15, 0.2) is 18.2 Å². The van der Waals surface area contributed by atoms with Crippen LogP contribution in [0.5, 0.6) is 5.75 Å². The summed E-state index contributed by atoms with van der Waals surface area (Å²) in [5.74, 6) is -0.724. The number of phenols is 1. The van der Waals surface area contributed by atoms with E-state index in [9.17, 15) is 19.5 Å². The predicted octanol–water partition coefficient (Wildman–Crippen LogP) is 6.00. The van der Waals surface area contributed by atoms with Crippen LogP contribution in [-0.2, 0) is 14.3 Å². The number of carbonyl (C=O) groups excluding carboxylic acids is 3. The Labute approximate surface area is 229 Å². The fourth-order valence-electron chi connectivity index (χ4n) is 4.38. The van der Waals surface area contributed by atoms with Crippen LogP contribution in [0.4, 0.5) is 4.79 Å². The molecule has 0 bridgehead atoms. The fraction of sp³-hybridized carbons (Fsp3) is 0.700. The van der Waals surface area contributed by atoms with Gasteiger partial charge in [0.1, 0.15) is 23.4 Å². The van der Waals surface area contributed by atoms with Crippen molar-refractivity contribution in [3.8, 4) is 5.75 Å². The zero-order valence-corrected chi connectivity index (χ0v) is 25.4. The van der Waals surface area contributed by atoms with Crippen molar-refractivity contribution in [1.82, 2.24) is 15.5 Å². The molecule has 0 aliphatic rings. The van der Waals surface area contributed by atoms with Crippen LogP contribution in [-0.4, -0.2) is 51.1 Å². The number of alkyl carbamates (subject to hydrolysis) is 1. The lowest BCUT2D eigenvalue weighted by Crippen LogP contribution is -2.60. The Hall–Kier alpha value is -2.77. The largest absolute Gasteiger partial charge is 0.507 e. The first-order valence-electron chi connectivity index (χ1n) is 13.9. The fourth-order valence-corrected chi connectivity index (χ4v) is 4.38. The highest BCUT2D eigenvalue weighted by Gasteiger charge is 2.44. The van der Waals surface area contributed by atoms with E-state index in [0.717, 1.165) is 12.8 Å². The molecule has 3 amide bonds. The van der Waals surface area contributed by atoms with Crippen molar-refractivity contribution in [2.45, 2.75) is 131 Å². The Morgan fingerprint density at radius 1 is 1.03 bits per heavy atom. The van der Waals surface area contributed by atoms with E-state index in [4.69, 9.17) is 4.74 Å². The van der Waals surface area contributed by atoms with E-state index in [-0.39, 0.29) is 23.6 Å². The second-order valence-electron chi connectivity index (χ2n) is 12.3. The molecule has 3 unspecified atom stereocenters. The molecule has 0 aliphatic heterocycles. The highest BCUT2D eigenvalue weighted by atomic mass is 16.6. The van der Waals surface area contributed by atoms with Gasteiger partial charge in [-0.2, -0.15) is 0 Å². The van der Waals surface area contributed by atoms with Gasteiger partial charge in [-0.15, -0.1) is 0 Å². The molecular weight excluding hydrogens is 482 g/mol. The third-order valence-electron chi connectivity index (χ3n) is 6.63. The number of carbonyl (C=O) groups is 3. The van der Waals surface area contributed by atoms with Gasteiger partial charge in [-0.25, -0.2) is 4.79 Å². The molecule has 0 saturated heterocycles. The van der Waals surface area contributed by atoms with Crippen LogP contribution in [0.2, 0.25) is 0 Å². The summed E-state index contributed by atoms with van der Waals surface area (Å²) in [6, 6.07) is 3.07. The minimum absolute atomic E-state index is 0.0268. The smallest absolute Gasteiger partial charge is 0.408 e. The first kappa shape index (κ1) is 33.3. The molecule has 3 atom stereocenters. The van der Waals surface area contributed by atoms with Gasteiger partial charge in [0, 0.05) is 17.1 Å². The maximum Gasteiger partial charge on any atom is 0.408 e. The number of nitrogens with one attached hydrogen (secondary N) is 2. The van der Waals surface area contributed by atoms with Gasteiger partial charge in [-0.3, -0.25) is 9.59 Å². The Morgan fingerprint density at radius 3 is 2.13 bits per heavy atom. The topological polar surface area (TPSA) is 108 Å².